The van der Waals surface area contributed by atoms with Crippen molar-refractivity contribution in [2.75, 3.05) is 6.54 Å². The molecule has 1 heterocycles. The smallest absolute Gasteiger partial charge is 0.320 e. The van der Waals surface area contributed by atoms with E-state index in [2.05, 4.69) is 5.43 Å². The number of carboxylic acids is 1. The second-order valence-corrected chi connectivity index (χ2v) is 4.49. The molecule has 0 aromatic heterocycles. The second-order valence-electron chi connectivity index (χ2n) is 4.49. The Bertz CT molecular complexity index is 523. The van der Waals surface area contributed by atoms with Crippen molar-refractivity contribution in [3.63, 3.8) is 0 Å². The fourth-order valence-corrected chi connectivity index (χ4v) is 1.97. The highest BCUT2D eigenvalue weighted by Gasteiger charge is 2.34. The number of hydrazine groups is 1. The van der Waals surface area contributed by atoms with Crippen LogP contribution < -0.4 is 11.2 Å². The first-order valence-electron chi connectivity index (χ1n) is 6.22. The van der Waals surface area contributed by atoms with Gasteiger partial charge in [-0.3, -0.25) is 14.4 Å². The standard InChI is InChI=1S/C13H15N3O4/c14-10(13(19)20)6-3-7-15-16-11(17)8-4-1-2-5-9(8)12(16)18/h1-2,4-5,10,15H,3,6-7,14H2,(H,19,20)/t10-/m0/s1. The number of amides is 2. The maximum Gasteiger partial charge on any atom is 0.320 e. The molecule has 1 aliphatic rings. The molecule has 0 aliphatic carbocycles. The van der Waals surface area contributed by atoms with Gasteiger partial charge in [0.15, 0.2) is 0 Å². The highest BCUT2D eigenvalue weighted by molar-refractivity contribution is 6.20. The molecule has 1 aromatic carbocycles. The van der Waals surface area contributed by atoms with Gasteiger partial charge in [0.25, 0.3) is 11.8 Å². The zero-order chi connectivity index (χ0) is 14.7. The van der Waals surface area contributed by atoms with E-state index in [0.717, 1.165) is 5.01 Å². The Balaban J connectivity index is 1.88. The third-order valence-corrected chi connectivity index (χ3v) is 3.07. The quantitative estimate of drug-likeness (QED) is 0.497. The summed E-state index contributed by atoms with van der Waals surface area (Å²) in [6.07, 6.45) is 0.715. The van der Waals surface area contributed by atoms with Crippen LogP contribution in [0.25, 0.3) is 0 Å². The topological polar surface area (TPSA) is 113 Å². The molecule has 0 radical (unpaired) electrons. The molecule has 2 amide bonds. The van der Waals surface area contributed by atoms with Crippen LogP contribution in [0.1, 0.15) is 33.6 Å². The van der Waals surface area contributed by atoms with Crippen LogP contribution in [0.2, 0.25) is 0 Å². The van der Waals surface area contributed by atoms with Crippen molar-refractivity contribution < 1.29 is 19.5 Å². The molecule has 1 aromatic rings. The summed E-state index contributed by atoms with van der Waals surface area (Å²) in [5.74, 6) is -1.85. The number of carbonyl (C=O) groups excluding carboxylic acids is 2. The molecule has 0 unspecified atom stereocenters. The molecule has 0 saturated carbocycles. The van der Waals surface area contributed by atoms with Crippen molar-refractivity contribution in [2.45, 2.75) is 18.9 Å². The lowest BCUT2D eigenvalue weighted by molar-refractivity contribution is -0.138. The van der Waals surface area contributed by atoms with Crippen molar-refractivity contribution in [3.05, 3.63) is 35.4 Å². The number of rotatable bonds is 6. The van der Waals surface area contributed by atoms with Crippen molar-refractivity contribution in [1.82, 2.24) is 10.4 Å². The van der Waals surface area contributed by atoms with E-state index in [-0.39, 0.29) is 6.42 Å². The van der Waals surface area contributed by atoms with E-state index in [4.69, 9.17) is 10.8 Å². The number of imide groups is 1. The summed E-state index contributed by atoms with van der Waals surface area (Å²) in [6.45, 7) is 0.298. The number of carboxylic acid groups (broad SMARTS) is 1. The maximum absolute atomic E-state index is 12.0. The lowest BCUT2D eigenvalue weighted by Gasteiger charge is -2.15. The van der Waals surface area contributed by atoms with Crippen molar-refractivity contribution in [2.24, 2.45) is 5.73 Å². The Morgan fingerprint density at radius 1 is 1.25 bits per heavy atom. The van der Waals surface area contributed by atoms with E-state index in [9.17, 15) is 14.4 Å². The number of carbonyl (C=O) groups is 3. The van der Waals surface area contributed by atoms with E-state index >= 15 is 0 Å². The molecule has 4 N–H and O–H groups in total. The monoisotopic (exact) mass is 277 g/mol. The molecule has 0 bridgehead atoms. The molecule has 0 fully saturated rings. The van der Waals surface area contributed by atoms with Crippen LogP contribution in [0, 0.1) is 0 Å². The SMILES string of the molecule is N[C@@H](CCCNN1C(=O)c2ccccc2C1=O)C(=O)O. The number of fused-ring (bicyclic) bond motifs is 1. The first-order valence-corrected chi connectivity index (χ1v) is 6.22. The Morgan fingerprint density at radius 3 is 2.30 bits per heavy atom. The predicted octanol–water partition coefficient (Wildman–Crippen LogP) is -0.0207. The largest absolute Gasteiger partial charge is 0.480 e. The zero-order valence-corrected chi connectivity index (χ0v) is 10.7. The molecule has 7 nitrogen and oxygen atoms in total. The number of nitrogens with zero attached hydrogens (tertiary/aromatic N) is 1. The summed E-state index contributed by atoms with van der Waals surface area (Å²) >= 11 is 0. The average molecular weight is 277 g/mol. The minimum absolute atomic E-state index is 0.269. The summed E-state index contributed by atoms with van der Waals surface area (Å²) in [7, 11) is 0. The molecule has 20 heavy (non-hydrogen) atoms. The number of hydrogen-bond acceptors (Lipinski definition) is 5. The van der Waals surface area contributed by atoms with E-state index in [1.807, 2.05) is 0 Å². The average Bonchev–Trinajstić information content (AvgIpc) is 2.68. The summed E-state index contributed by atoms with van der Waals surface area (Å²) in [6, 6.07) is 5.65. The Morgan fingerprint density at radius 2 is 1.80 bits per heavy atom. The second kappa shape index (κ2) is 5.81. The first kappa shape index (κ1) is 14.2. The Labute approximate surface area is 115 Å². The summed E-state index contributed by atoms with van der Waals surface area (Å²) in [5.41, 5.74) is 8.80. The van der Waals surface area contributed by atoms with Crippen LogP contribution in [0.15, 0.2) is 24.3 Å². The molecule has 1 atom stereocenters. The minimum atomic E-state index is -1.06. The van der Waals surface area contributed by atoms with Crippen LogP contribution in [-0.2, 0) is 4.79 Å². The normalized spacial score (nSPS) is 15.3. The third kappa shape index (κ3) is 2.68. The van der Waals surface area contributed by atoms with Crippen molar-refractivity contribution in [3.8, 4) is 0 Å². The van der Waals surface area contributed by atoms with Crippen molar-refractivity contribution in [1.29, 1.82) is 0 Å². The molecule has 7 heteroatoms. The van der Waals surface area contributed by atoms with Gasteiger partial charge in [-0.1, -0.05) is 12.1 Å². The van der Waals surface area contributed by atoms with Crippen LogP contribution in [0.4, 0.5) is 0 Å². The molecular formula is C13H15N3O4. The van der Waals surface area contributed by atoms with Gasteiger partial charge >= 0.3 is 5.97 Å². The number of nitrogens with one attached hydrogen (secondary N) is 1. The molecule has 2 rings (SSSR count). The van der Waals surface area contributed by atoms with E-state index in [1.165, 1.54) is 0 Å². The molecule has 0 spiro atoms. The highest BCUT2D eigenvalue weighted by atomic mass is 16.4. The number of aliphatic carboxylic acids is 1. The van der Waals surface area contributed by atoms with Gasteiger partial charge in [-0.25, -0.2) is 10.4 Å². The third-order valence-electron chi connectivity index (χ3n) is 3.07. The van der Waals surface area contributed by atoms with Gasteiger partial charge in [-0.05, 0) is 25.0 Å². The minimum Gasteiger partial charge on any atom is -0.480 e. The van der Waals surface area contributed by atoms with Crippen LogP contribution >= 0.6 is 0 Å². The van der Waals surface area contributed by atoms with Gasteiger partial charge in [0.2, 0.25) is 0 Å². The van der Waals surface area contributed by atoms with Gasteiger partial charge < -0.3 is 10.8 Å². The van der Waals surface area contributed by atoms with Crippen molar-refractivity contribution >= 4 is 17.8 Å². The van der Waals surface area contributed by atoms with Crippen LogP contribution in [0.5, 0.6) is 0 Å². The number of benzene rings is 1. The van der Waals surface area contributed by atoms with Crippen LogP contribution in [-0.4, -0.2) is 40.5 Å². The predicted molar refractivity (Wildman–Crippen MR) is 69.8 cm³/mol. The summed E-state index contributed by atoms with van der Waals surface area (Å²) < 4.78 is 0. The van der Waals surface area contributed by atoms with Gasteiger partial charge in [0.05, 0.1) is 11.1 Å². The lowest BCUT2D eigenvalue weighted by atomic mass is 10.1. The van der Waals surface area contributed by atoms with Gasteiger partial charge in [0.1, 0.15) is 6.04 Å². The Kier molecular flexibility index (Phi) is 4.11. The number of hydrogen-bond donors (Lipinski definition) is 3. The Hall–Kier alpha value is -2.25. The zero-order valence-electron chi connectivity index (χ0n) is 10.7. The first-order chi connectivity index (χ1) is 9.52. The van der Waals surface area contributed by atoms with Gasteiger partial charge in [-0.2, -0.15) is 0 Å². The maximum atomic E-state index is 12.0. The summed E-state index contributed by atoms with van der Waals surface area (Å²) in [4.78, 5) is 34.5. The lowest BCUT2D eigenvalue weighted by Crippen LogP contribution is -2.43. The molecular weight excluding hydrogens is 262 g/mol. The van der Waals surface area contributed by atoms with Gasteiger partial charge in [-0.15, -0.1) is 0 Å². The molecule has 1 aliphatic heterocycles. The van der Waals surface area contributed by atoms with E-state index < -0.39 is 23.8 Å². The van der Waals surface area contributed by atoms with E-state index in [1.54, 1.807) is 24.3 Å². The van der Waals surface area contributed by atoms with E-state index in [0.29, 0.717) is 24.1 Å². The van der Waals surface area contributed by atoms with Gasteiger partial charge in [0, 0.05) is 6.54 Å². The fraction of sp³-hybridized carbons (Fsp3) is 0.308. The number of nitrogens with two attached hydrogens (primary N) is 1. The summed E-state index contributed by atoms with van der Waals surface area (Å²) in [5, 5.41) is 9.59. The highest BCUT2D eigenvalue weighted by Crippen LogP contribution is 2.20. The fourth-order valence-electron chi connectivity index (χ4n) is 1.97. The molecule has 106 valence electrons. The molecule has 0 saturated heterocycles. The van der Waals surface area contributed by atoms with Crippen LogP contribution in [0.3, 0.4) is 0 Å².